The van der Waals surface area contributed by atoms with Crippen molar-refractivity contribution >= 4 is 11.6 Å². The highest BCUT2D eigenvalue weighted by Gasteiger charge is 2.20. The van der Waals surface area contributed by atoms with Crippen LogP contribution in [-0.2, 0) is 5.41 Å². The lowest BCUT2D eigenvalue weighted by molar-refractivity contribution is 0.392. The zero-order valence-electron chi connectivity index (χ0n) is 9.62. The lowest BCUT2D eigenvalue weighted by Crippen LogP contribution is -2.11. The number of halogens is 1. The first-order valence-corrected chi connectivity index (χ1v) is 5.56. The van der Waals surface area contributed by atoms with E-state index in [1.807, 2.05) is 24.3 Å². The molecular formula is C13H14ClNO. The van der Waals surface area contributed by atoms with Crippen LogP contribution >= 0.6 is 11.6 Å². The molecule has 0 saturated heterocycles. The van der Waals surface area contributed by atoms with Crippen molar-refractivity contribution in [2.75, 3.05) is 0 Å². The van der Waals surface area contributed by atoms with E-state index in [2.05, 4.69) is 25.8 Å². The van der Waals surface area contributed by atoms with Gasteiger partial charge in [0.1, 0.15) is 12.0 Å². The molecule has 1 aromatic carbocycles. The first-order valence-electron chi connectivity index (χ1n) is 5.19. The van der Waals surface area contributed by atoms with Crippen molar-refractivity contribution in [3.63, 3.8) is 0 Å². The van der Waals surface area contributed by atoms with E-state index in [0.717, 1.165) is 22.2 Å². The van der Waals surface area contributed by atoms with Crippen LogP contribution < -0.4 is 0 Å². The average Bonchev–Trinajstić information content (AvgIpc) is 2.67. The SMILES string of the molecule is CC(C)(C)c1nc(-c2ccc(Cl)cc2)co1. The fourth-order valence-electron chi connectivity index (χ4n) is 1.37. The number of oxazole rings is 1. The molecule has 2 nitrogen and oxygen atoms in total. The Bertz CT molecular complexity index is 479. The maximum atomic E-state index is 5.83. The van der Waals surface area contributed by atoms with E-state index in [4.69, 9.17) is 16.0 Å². The second kappa shape index (κ2) is 3.95. The van der Waals surface area contributed by atoms with Crippen LogP contribution in [-0.4, -0.2) is 4.98 Å². The molecule has 0 radical (unpaired) electrons. The Kier molecular flexibility index (Phi) is 2.76. The van der Waals surface area contributed by atoms with Crippen LogP contribution in [0.2, 0.25) is 5.02 Å². The van der Waals surface area contributed by atoms with Gasteiger partial charge in [0.05, 0.1) is 0 Å². The van der Waals surface area contributed by atoms with Crippen LogP contribution in [0.15, 0.2) is 34.9 Å². The molecule has 0 fully saturated rings. The van der Waals surface area contributed by atoms with Crippen molar-refractivity contribution in [3.05, 3.63) is 41.4 Å². The fourth-order valence-corrected chi connectivity index (χ4v) is 1.50. The van der Waals surface area contributed by atoms with Gasteiger partial charge < -0.3 is 4.42 Å². The number of nitrogens with zero attached hydrogens (tertiary/aromatic N) is 1. The molecule has 0 atom stereocenters. The summed E-state index contributed by atoms with van der Waals surface area (Å²) >= 11 is 5.83. The molecule has 2 aromatic rings. The smallest absolute Gasteiger partial charge is 0.199 e. The molecular weight excluding hydrogens is 222 g/mol. The number of rotatable bonds is 1. The van der Waals surface area contributed by atoms with Gasteiger partial charge in [-0.05, 0) is 12.1 Å². The number of hydrogen-bond donors (Lipinski definition) is 0. The molecule has 3 heteroatoms. The van der Waals surface area contributed by atoms with Gasteiger partial charge in [-0.2, -0.15) is 0 Å². The van der Waals surface area contributed by atoms with E-state index < -0.39 is 0 Å². The highest BCUT2D eigenvalue weighted by atomic mass is 35.5. The van der Waals surface area contributed by atoms with Crippen LogP contribution in [0.4, 0.5) is 0 Å². The van der Waals surface area contributed by atoms with Crippen molar-refractivity contribution in [1.82, 2.24) is 4.98 Å². The van der Waals surface area contributed by atoms with E-state index in [9.17, 15) is 0 Å². The van der Waals surface area contributed by atoms with Crippen LogP contribution in [0.25, 0.3) is 11.3 Å². The average molecular weight is 236 g/mol. The molecule has 0 unspecified atom stereocenters. The molecule has 0 N–H and O–H groups in total. The normalized spacial score (nSPS) is 11.8. The molecule has 0 amide bonds. The Labute approximate surface area is 100 Å². The first kappa shape index (κ1) is 11.2. The minimum absolute atomic E-state index is 0.0648. The van der Waals surface area contributed by atoms with Crippen molar-refractivity contribution < 1.29 is 4.42 Å². The largest absolute Gasteiger partial charge is 0.448 e. The predicted molar refractivity (Wildman–Crippen MR) is 65.6 cm³/mol. The molecule has 0 aliphatic heterocycles. The molecule has 0 bridgehead atoms. The molecule has 1 aromatic heterocycles. The molecule has 84 valence electrons. The summed E-state index contributed by atoms with van der Waals surface area (Å²) in [6.07, 6.45) is 1.68. The minimum atomic E-state index is -0.0648. The molecule has 1 heterocycles. The molecule has 2 rings (SSSR count). The van der Waals surface area contributed by atoms with Crippen molar-refractivity contribution in [2.24, 2.45) is 0 Å². The topological polar surface area (TPSA) is 26.0 Å². The number of benzene rings is 1. The highest BCUT2D eigenvalue weighted by molar-refractivity contribution is 6.30. The lowest BCUT2D eigenvalue weighted by Gasteiger charge is -2.11. The summed E-state index contributed by atoms with van der Waals surface area (Å²) in [4.78, 5) is 4.47. The summed E-state index contributed by atoms with van der Waals surface area (Å²) in [6, 6.07) is 7.57. The third-order valence-electron chi connectivity index (χ3n) is 2.29. The Morgan fingerprint density at radius 2 is 1.75 bits per heavy atom. The van der Waals surface area contributed by atoms with Crippen molar-refractivity contribution in [1.29, 1.82) is 0 Å². The van der Waals surface area contributed by atoms with Gasteiger partial charge in [-0.25, -0.2) is 4.98 Å². The predicted octanol–water partition coefficient (Wildman–Crippen LogP) is 4.29. The van der Waals surface area contributed by atoms with Gasteiger partial charge in [0, 0.05) is 16.0 Å². The van der Waals surface area contributed by atoms with Crippen molar-refractivity contribution in [3.8, 4) is 11.3 Å². The Balaban J connectivity index is 2.35. The summed E-state index contributed by atoms with van der Waals surface area (Å²) < 4.78 is 5.47. The summed E-state index contributed by atoms with van der Waals surface area (Å²) in [5, 5.41) is 0.725. The standard InChI is InChI=1S/C13H14ClNO/c1-13(2,3)12-15-11(8-16-12)9-4-6-10(14)7-5-9/h4-8H,1-3H3. The van der Waals surface area contributed by atoms with Crippen LogP contribution in [0.1, 0.15) is 26.7 Å². The monoisotopic (exact) mass is 235 g/mol. The van der Waals surface area contributed by atoms with E-state index in [1.54, 1.807) is 6.26 Å². The van der Waals surface area contributed by atoms with Gasteiger partial charge >= 0.3 is 0 Å². The van der Waals surface area contributed by atoms with Crippen LogP contribution in [0.3, 0.4) is 0 Å². The van der Waals surface area contributed by atoms with Gasteiger partial charge in [-0.1, -0.05) is 44.5 Å². The Morgan fingerprint density at radius 1 is 1.12 bits per heavy atom. The first-order chi connectivity index (χ1) is 7.47. The van der Waals surface area contributed by atoms with Gasteiger partial charge in [-0.15, -0.1) is 0 Å². The Morgan fingerprint density at radius 3 is 2.25 bits per heavy atom. The van der Waals surface area contributed by atoms with E-state index in [-0.39, 0.29) is 5.41 Å². The van der Waals surface area contributed by atoms with Gasteiger partial charge in [0.2, 0.25) is 0 Å². The van der Waals surface area contributed by atoms with E-state index in [1.165, 1.54) is 0 Å². The second-order valence-corrected chi connectivity index (χ2v) is 5.23. The third kappa shape index (κ3) is 2.27. The molecule has 0 spiro atoms. The highest BCUT2D eigenvalue weighted by Crippen LogP contribution is 2.26. The maximum Gasteiger partial charge on any atom is 0.199 e. The van der Waals surface area contributed by atoms with Gasteiger partial charge in [-0.3, -0.25) is 0 Å². The molecule has 0 saturated carbocycles. The zero-order valence-corrected chi connectivity index (χ0v) is 10.4. The fraction of sp³-hybridized carbons (Fsp3) is 0.308. The molecule has 0 aliphatic carbocycles. The quantitative estimate of drug-likeness (QED) is 0.737. The Hall–Kier alpha value is -1.28. The number of aromatic nitrogens is 1. The van der Waals surface area contributed by atoms with E-state index in [0.29, 0.717) is 0 Å². The van der Waals surface area contributed by atoms with Gasteiger partial charge in [0.15, 0.2) is 5.89 Å². The summed E-state index contributed by atoms with van der Waals surface area (Å²) in [5.41, 5.74) is 1.80. The molecule has 16 heavy (non-hydrogen) atoms. The number of hydrogen-bond acceptors (Lipinski definition) is 2. The zero-order chi connectivity index (χ0) is 11.8. The van der Waals surface area contributed by atoms with Crippen molar-refractivity contribution in [2.45, 2.75) is 26.2 Å². The van der Waals surface area contributed by atoms with Crippen LogP contribution in [0, 0.1) is 0 Å². The third-order valence-corrected chi connectivity index (χ3v) is 2.54. The lowest BCUT2D eigenvalue weighted by atomic mass is 9.97. The molecule has 0 aliphatic rings. The summed E-state index contributed by atoms with van der Waals surface area (Å²) in [7, 11) is 0. The second-order valence-electron chi connectivity index (χ2n) is 4.79. The maximum absolute atomic E-state index is 5.83. The van der Waals surface area contributed by atoms with E-state index >= 15 is 0 Å². The van der Waals surface area contributed by atoms with Crippen LogP contribution in [0.5, 0.6) is 0 Å². The summed E-state index contributed by atoms with van der Waals surface area (Å²) in [6.45, 7) is 6.22. The van der Waals surface area contributed by atoms with Gasteiger partial charge in [0.25, 0.3) is 0 Å². The summed E-state index contributed by atoms with van der Waals surface area (Å²) in [5.74, 6) is 0.748. The minimum Gasteiger partial charge on any atom is -0.448 e.